The van der Waals surface area contributed by atoms with Crippen molar-refractivity contribution in [2.24, 2.45) is 0 Å². The first-order chi connectivity index (χ1) is 14.3. The maximum Gasteiger partial charge on any atom is 0.263 e. The van der Waals surface area contributed by atoms with E-state index in [4.69, 9.17) is 0 Å². The zero-order chi connectivity index (χ0) is 21.2. The number of anilines is 1. The molecule has 0 bridgehead atoms. The first kappa shape index (κ1) is 18.8. The molecule has 1 unspecified atom stereocenters. The molecule has 0 saturated heterocycles. The number of fused-ring (bicyclic) bond motifs is 4. The fourth-order valence-electron chi connectivity index (χ4n) is 5.09. The van der Waals surface area contributed by atoms with E-state index >= 15 is 0 Å². The second-order valence-corrected chi connectivity index (χ2v) is 9.07. The molecule has 0 fully saturated rings. The average molecular weight is 403 g/mol. The van der Waals surface area contributed by atoms with Crippen LogP contribution in [0.1, 0.15) is 65.0 Å². The highest BCUT2D eigenvalue weighted by molar-refractivity contribution is 6.25. The molecule has 1 N–H and O–H groups in total. The van der Waals surface area contributed by atoms with Gasteiger partial charge in [-0.3, -0.25) is 19.6 Å². The van der Waals surface area contributed by atoms with Crippen molar-refractivity contribution in [3.63, 3.8) is 0 Å². The number of nitrogens with one attached hydrogen (secondary N) is 1. The molecule has 0 radical (unpaired) electrons. The Kier molecular flexibility index (Phi) is 4.00. The van der Waals surface area contributed by atoms with E-state index in [1.165, 1.54) is 27.9 Å². The Morgan fingerprint density at radius 3 is 2.77 bits per heavy atom. The molecule has 2 amide bonds. The van der Waals surface area contributed by atoms with Gasteiger partial charge in [0.1, 0.15) is 0 Å². The van der Waals surface area contributed by atoms with E-state index in [2.05, 4.69) is 66.0 Å². The lowest BCUT2D eigenvalue weighted by atomic mass is 9.79. The van der Waals surface area contributed by atoms with Crippen molar-refractivity contribution in [3.05, 3.63) is 52.8 Å². The monoisotopic (exact) mass is 403 g/mol. The number of aryl methyl sites for hydroxylation is 1. The molecule has 0 saturated carbocycles. The van der Waals surface area contributed by atoms with Gasteiger partial charge in [0.15, 0.2) is 5.65 Å². The Hall–Kier alpha value is -3.22. The molecule has 30 heavy (non-hydrogen) atoms. The van der Waals surface area contributed by atoms with E-state index in [-0.39, 0.29) is 17.4 Å². The van der Waals surface area contributed by atoms with Crippen LogP contribution in [0.3, 0.4) is 0 Å². The molecule has 7 heteroatoms. The summed E-state index contributed by atoms with van der Waals surface area (Å²) in [6.45, 7) is 9.74. The first-order valence-corrected chi connectivity index (χ1v) is 10.3. The van der Waals surface area contributed by atoms with Crippen LogP contribution in [-0.2, 0) is 0 Å². The smallest absolute Gasteiger partial charge is 0.263 e. The fourth-order valence-corrected chi connectivity index (χ4v) is 5.09. The molecule has 4 heterocycles. The predicted octanol–water partition coefficient (Wildman–Crippen LogP) is 3.65. The second-order valence-electron chi connectivity index (χ2n) is 9.07. The molecule has 2 aromatic heterocycles. The van der Waals surface area contributed by atoms with Gasteiger partial charge in [-0.25, -0.2) is 4.98 Å². The van der Waals surface area contributed by atoms with Gasteiger partial charge in [-0.1, -0.05) is 19.1 Å². The molecule has 0 spiro atoms. The van der Waals surface area contributed by atoms with E-state index in [1.54, 1.807) is 6.20 Å². The van der Waals surface area contributed by atoms with Crippen LogP contribution in [-0.4, -0.2) is 50.5 Å². The number of aromatic amines is 1. The molecular weight excluding hydrogens is 378 g/mol. The van der Waals surface area contributed by atoms with E-state index in [9.17, 15) is 9.59 Å². The SMILES string of the molecule is Cc1ccc2c(c1)N(CCN1C(=O)c3cnc4[nH]ncc4c3C1=O)C(C)(C)CC2C. The number of hydrogen-bond acceptors (Lipinski definition) is 5. The van der Waals surface area contributed by atoms with Gasteiger partial charge in [-0.05, 0) is 50.3 Å². The summed E-state index contributed by atoms with van der Waals surface area (Å²) in [6, 6.07) is 6.58. The van der Waals surface area contributed by atoms with Crippen LogP contribution >= 0.6 is 0 Å². The number of rotatable bonds is 3. The van der Waals surface area contributed by atoms with Gasteiger partial charge in [0.05, 0.1) is 22.7 Å². The summed E-state index contributed by atoms with van der Waals surface area (Å²) in [5.41, 5.74) is 4.95. The summed E-state index contributed by atoms with van der Waals surface area (Å²) in [5, 5.41) is 7.33. The zero-order valence-electron chi connectivity index (χ0n) is 17.7. The van der Waals surface area contributed by atoms with Crippen molar-refractivity contribution in [3.8, 4) is 0 Å². The summed E-state index contributed by atoms with van der Waals surface area (Å²) < 4.78 is 0. The number of imide groups is 1. The molecule has 1 atom stereocenters. The number of hydrogen-bond donors (Lipinski definition) is 1. The standard InChI is InChI=1S/C23H25N5O2/c1-13-5-6-15-14(2)10-23(3,4)28(18(15)9-13)8-7-27-21(29)17-11-24-20-16(12-25-26-20)19(17)22(27)30/h5-6,9,11-12,14H,7-8,10H2,1-4H3,(H,24,25,26). The van der Waals surface area contributed by atoms with E-state index in [0.29, 0.717) is 41.2 Å². The van der Waals surface area contributed by atoms with Crippen molar-refractivity contribution >= 4 is 28.5 Å². The first-order valence-electron chi connectivity index (χ1n) is 10.3. The third-order valence-corrected chi connectivity index (χ3v) is 6.51. The largest absolute Gasteiger partial charge is 0.364 e. The number of aromatic nitrogens is 3. The van der Waals surface area contributed by atoms with E-state index < -0.39 is 0 Å². The average Bonchev–Trinajstić information content (AvgIpc) is 3.25. The Morgan fingerprint density at radius 1 is 1.17 bits per heavy atom. The maximum absolute atomic E-state index is 13.1. The number of nitrogens with zero attached hydrogens (tertiary/aromatic N) is 4. The van der Waals surface area contributed by atoms with Crippen LogP contribution in [0, 0.1) is 6.92 Å². The van der Waals surface area contributed by atoms with Crippen LogP contribution in [0.25, 0.3) is 11.0 Å². The van der Waals surface area contributed by atoms with Crippen LogP contribution < -0.4 is 4.90 Å². The van der Waals surface area contributed by atoms with Crippen LogP contribution in [0.4, 0.5) is 5.69 Å². The Morgan fingerprint density at radius 2 is 1.97 bits per heavy atom. The second kappa shape index (κ2) is 6.39. The molecule has 154 valence electrons. The van der Waals surface area contributed by atoms with Gasteiger partial charge < -0.3 is 4.90 Å². The van der Waals surface area contributed by atoms with E-state index in [1.807, 2.05) is 0 Å². The molecule has 7 nitrogen and oxygen atoms in total. The molecule has 1 aromatic carbocycles. The third kappa shape index (κ3) is 2.65. The number of carbonyl (C=O) groups is 2. The number of pyridine rings is 1. The van der Waals surface area contributed by atoms with Crippen molar-refractivity contribution in [1.82, 2.24) is 20.1 Å². The number of carbonyl (C=O) groups excluding carboxylic acids is 2. The van der Waals surface area contributed by atoms with Crippen molar-refractivity contribution in [1.29, 1.82) is 0 Å². The lowest BCUT2D eigenvalue weighted by Gasteiger charge is -2.48. The van der Waals surface area contributed by atoms with E-state index in [0.717, 1.165) is 6.42 Å². The van der Waals surface area contributed by atoms with Gasteiger partial charge in [-0.2, -0.15) is 5.10 Å². The van der Waals surface area contributed by atoms with Crippen LogP contribution in [0.5, 0.6) is 0 Å². The summed E-state index contributed by atoms with van der Waals surface area (Å²) >= 11 is 0. The van der Waals surface area contributed by atoms with Gasteiger partial charge in [0.25, 0.3) is 11.8 Å². The molecule has 2 aliphatic heterocycles. The summed E-state index contributed by atoms with van der Waals surface area (Å²) in [4.78, 5) is 34.0. The third-order valence-electron chi connectivity index (χ3n) is 6.51. The number of amides is 2. The summed E-state index contributed by atoms with van der Waals surface area (Å²) in [7, 11) is 0. The van der Waals surface area contributed by atoms with Gasteiger partial charge in [-0.15, -0.1) is 0 Å². The molecule has 5 rings (SSSR count). The quantitative estimate of drug-likeness (QED) is 0.675. The highest BCUT2D eigenvalue weighted by Gasteiger charge is 2.40. The lowest BCUT2D eigenvalue weighted by molar-refractivity contribution is 0.0656. The van der Waals surface area contributed by atoms with Gasteiger partial charge in [0.2, 0.25) is 0 Å². The topological polar surface area (TPSA) is 82.2 Å². The van der Waals surface area contributed by atoms with Crippen LogP contribution in [0.15, 0.2) is 30.6 Å². The predicted molar refractivity (Wildman–Crippen MR) is 115 cm³/mol. The summed E-state index contributed by atoms with van der Waals surface area (Å²) in [5.74, 6) is -0.0821. The Bertz CT molecular complexity index is 1200. The van der Waals surface area contributed by atoms with Crippen molar-refractivity contribution in [2.75, 3.05) is 18.0 Å². The highest BCUT2D eigenvalue weighted by atomic mass is 16.2. The molecule has 0 aliphatic carbocycles. The molecule has 3 aromatic rings. The minimum Gasteiger partial charge on any atom is -0.364 e. The maximum atomic E-state index is 13.1. The highest BCUT2D eigenvalue weighted by Crippen LogP contribution is 2.43. The molecular formula is C23H25N5O2. The van der Waals surface area contributed by atoms with Gasteiger partial charge in [0, 0.05) is 30.5 Å². The zero-order valence-corrected chi connectivity index (χ0v) is 17.7. The lowest BCUT2D eigenvalue weighted by Crippen LogP contribution is -2.51. The number of H-pyrrole nitrogens is 1. The number of benzene rings is 1. The molecule has 2 aliphatic rings. The van der Waals surface area contributed by atoms with Crippen molar-refractivity contribution < 1.29 is 9.59 Å². The van der Waals surface area contributed by atoms with Crippen LogP contribution in [0.2, 0.25) is 0 Å². The normalized spacial score (nSPS) is 20.1. The Balaban J connectivity index is 1.46. The Labute approximate surface area is 175 Å². The van der Waals surface area contributed by atoms with Gasteiger partial charge >= 0.3 is 0 Å². The summed E-state index contributed by atoms with van der Waals surface area (Å²) in [6.07, 6.45) is 4.05. The van der Waals surface area contributed by atoms with Crippen molar-refractivity contribution in [2.45, 2.75) is 45.6 Å². The minimum absolute atomic E-state index is 0.0712. The fraction of sp³-hybridized carbons (Fsp3) is 0.391. The minimum atomic E-state index is -0.279.